The lowest BCUT2D eigenvalue weighted by molar-refractivity contribution is -0.514. The molecule has 0 unspecified atom stereocenters. The van der Waals surface area contributed by atoms with Crippen molar-refractivity contribution in [1.82, 2.24) is 8.80 Å². The molecule has 3 heterocycles. The standard InChI is InChI=1S/C42H28N4/c1-5-19-39-35(15-1)31-11-9-12-32(27-31)36-16-2-6-20-40(36)45-25-26-46(30-45)42-22-8-4-18-38(42)34-14-10-13-33(28-34)37-17-3-7-21-41(37)44-24-23-43(39)29-44/h1-28H. The first-order valence-corrected chi connectivity index (χ1v) is 15.4. The molecule has 6 aromatic carbocycles. The van der Waals surface area contributed by atoms with Crippen LogP contribution < -0.4 is 8.80 Å². The molecule has 216 valence electrons. The lowest BCUT2D eigenvalue weighted by atomic mass is 10.1. The number of aromatic nitrogens is 4. The minimum absolute atomic E-state index is 1.07. The third-order valence-electron chi connectivity index (χ3n) is 8.78. The maximum atomic E-state index is 3.62. The fraction of sp³-hybridized carbons (Fsp3) is 0. The van der Waals surface area contributed by atoms with Gasteiger partial charge in [-0.2, -0.15) is 0 Å². The first-order chi connectivity index (χ1) is 22.8. The Morgan fingerprint density at radius 3 is 1.20 bits per heavy atom. The van der Waals surface area contributed by atoms with E-state index in [4.69, 9.17) is 0 Å². The minimum Gasteiger partial charge on any atom is -0.298 e. The highest BCUT2D eigenvalue weighted by Crippen LogP contribution is 2.24. The van der Waals surface area contributed by atoms with Crippen LogP contribution in [0, 0.1) is 12.7 Å². The first-order valence-electron chi connectivity index (χ1n) is 15.4. The average Bonchev–Trinajstić information content (AvgIpc) is 3.83. The van der Waals surface area contributed by atoms with Gasteiger partial charge in [0, 0.05) is 24.8 Å². The molecule has 0 N–H and O–H groups in total. The Labute approximate surface area is 265 Å². The number of benzene rings is 6. The third-order valence-corrected chi connectivity index (χ3v) is 8.78. The van der Waals surface area contributed by atoms with Crippen molar-refractivity contribution in [1.29, 1.82) is 0 Å². The number of rotatable bonds is 0. The van der Waals surface area contributed by atoms with Crippen molar-refractivity contribution >= 4 is 65.2 Å². The minimum atomic E-state index is 1.07. The normalized spacial score (nSPS) is 11.5. The molecule has 46 heavy (non-hydrogen) atoms. The molecule has 0 aliphatic heterocycles. The second-order valence-corrected chi connectivity index (χ2v) is 11.5. The van der Waals surface area contributed by atoms with Crippen LogP contribution in [0.25, 0.3) is 65.2 Å². The van der Waals surface area contributed by atoms with Crippen LogP contribution in [0.15, 0.2) is 170 Å². The van der Waals surface area contributed by atoms with Crippen molar-refractivity contribution in [2.24, 2.45) is 0 Å². The van der Waals surface area contributed by atoms with Crippen LogP contribution in [-0.4, -0.2) is 8.80 Å². The van der Waals surface area contributed by atoms with Gasteiger partial charge in [-0.25, -0.2) is 0 Å². The molecule has 0 fully saturated rings. The van der Waals surface area contributed by atoms with Gasteiger partial charge in [-0.15, -0.1) is 0 Å². The van der Waals surface area contributed by atoms with Gasteiger partial charge in [-0.3, -0.25) is 17.6 Å². The molecule has 0 aliphatic carbocycles. The highest BCUT2D eigenvalue weighted by molar-refractivity contribution is 6.02. The van der Waals surface area contributed by atoms with Gasteiger partial charge in [0.2, 0.25) is 0 Å². The summed E-state index contributed by atoms with van der Waals surface area (Å²) in [4.78, 5) is 0. The van der Waals surface area contributed by atoms with Crippen molar-refractivity contribution in [2.45, 2.75) is 0 Å². The Kier molecular flexibility index (Phi) is 6.10. The summed E-state index contributed by atoms with van der Waals surface area (Å²) in [5, 5.41) is 9.12. The van der Waals surface area contributed by atoms with E-state index in [2.05, 4.69) is 201 Å². The van der Waals surface area contributed by atoms with E-state index in [-0.39, 0.29) is 0 Å². The lowest BCUT2D eigenvalue weighted by Crippen LogP contribution is -2.17. The molecule has 0 aliphatic rings. The summed E-state index contributed by atoms with van der Waals surface area (Å²) in [5.41, 5.74) is 4.27. The van der Waals surface area contributed by atoms with Gasteiger partial charge >= 0.3 is 0 Å². The van der Waals surface area contributed by atoms with Crippen molar-refractivity contribution in [3.05, 3.63) is 183 Å². The molecule has 0 amide bonds. The molecule has 3 aromatic heterocycles. The van der Waals surface area contributed by atoms with Crippen LogP contribution in [0.2, 0.25) is 0 Å². The summed E-state index contributed by atoms with van der Waals surface area (Å²) < 4.78 is 8.35. The zero-order valence-corrected chi connectivity index (χ0v) is 25.0. The molecule has 0 saturated heterocycles. The second-order valence-electron chi connectivity index (χ2n) is 11.5. The summed E-state index contributed by atoms with van der Waals surface area (Å²) in [5.74, 6) is 0. The van der Waals surface area contributed by atoms with Crippen LogP contribution in [0.5, 0.6) is 0 Å². The van der Waals surface area contributed by atoms with Crippen LogP contribution in [0.4, 0.5) is 0 Å². The topological polar surface area (TPSA) is 17.0 Å². The largest absolute Gasteiger partial charge is 0.298 e. The number of para-hydroxylation sites is 4. The van der Waals surface area contributed by atoms with E-state index >= 15 is 0 Å². The van der Waals surface area contributed by atoms with E-state index in [1.54, 1.807) is 0 Å². The van der Waals surface area contributed by atoms with E-state index < -0.39 is 0 Å². The Morgan fingerprint density at radius 1 is 0.370 bits per heavy atom. The van der Waals surface area contributed by atoms with Crippen molar-refractivity contribution in [3.63, 3.8) is 0 Å². The van der Waals surface area contributed by atoms with E-state index in [1.807, 2.05) is 0 Å². The summed E-state index contributed by atoms with van der Waals surface area (Å²) >= 11 is 0. The van der Waals surface area contributed by atoms with E-state index in [0.717, 1.165) is 65.2 Å². The van der Waals surface area contributed by atoms with Gasteiger partial charge in [0.15, 0.2) is 0 Å². The van der Waals surface area contributed by atoms with E-state index in [1.165, 1.54) is 0 Å². The number of hydrogen-bond acceptors (Lipinski definition) is 0. The van der Waals surface area contributed by atoms with Gasteiger partial charge < -0.3 is 0 Å². The first kappa shape index (κ1) is 26.2. The van der Waals surface area contributed by atoms with Crippen LogP contribution in [-0.2, 0) is 0 Å². The smallest absolute Gasteiger partial charge is 0.268 e. The van der Waals surface area contributed by atoms with E-state index in [9.17, 15) is 0 Å². The monoisotopic (exact) mass is 588 g/mol. The molecule has 4 nitrogen and oxygen atoms in total. The van der Waals surface area contributed by atoms with Gasteiger partial charge in [0.25, 0.3) is 12.7 Å². The van der Waals surface area contributed by atoms with Gasteiger partial charge in [-0.05, 0) is 79.5 Å². The number of hydrogen-bond donors (Lipinski definition) is 0. The predicted molar refractivity (Wildman–Crippen MR) is 186 cm³/mol. The van der Waals surface area contributed by atoms with Crippen LogP contribution >= 0.6 is 0 Å². The SMILES string of the molecule is [c-]1n2cc[n+]1c1ccccc1c1cccc(c1)c1ccccc1n1[c-][n+](cc1)c1ccccc1c1cccc(c1)c1ccccc12. The van der Waals surface area contributed by atoms with Crippen LogP contribution in [0.3, 0.4) is 0 Å². The molecule has 0 saturated carbocycles. The maximum absolute atomic E-state index is 3.62. The summed E-state index contributed by atoms with van der Waals surface area (Å²) in [6.07, 6.45) is 15.6. The molecule has 9 rings (SSSR count). The van der Waals surface area contributed by atoms with Crippen molar-refractivity contribution in [3.8, 4) is 0 Å². The molecule has 0 radical (unpaired) electrons. The Hall–Kier alpha value is -6.26. The fourth-order valence-corrected chi connectivity index (χ4v) is 6.59. The highest BCUT2D eigenvalue weighted by atomic mass is 15.0. The molecule has 0 atom stereocenters. The molecule has 0 spiro atoms. The molecule has 8 bridgehead atoms. The molecular formula is C42H28N4. The molecule has 9 aromatic rings. The summed E-state index contributed by atoms with van der Waals surface area (Å²) in [6.45, 7) is 0. The zero-order chi connectivity index (χ0) is 30.5. The van der Waals surface area contributed by atoms with Gasteiger partial charge in [0.05, 0.1) is 22.1 Å². The third kappa shape index (κ3) is 4.39. The summed E-state index contributed by atoms with van der Waals surface area (Å²) in [6, 6.07) is 51.7. The maximum Gasteiger partial charge on any atom is 0.268 e. The molecular weight excluding hydrogens is 560 g/mol. The van der Waals surface area contributed by atoms with Gasteiger partial charge in [0.1, 0.15) is 0 Å². The second kappa shape index (κ2) is 10.7. The number of nitrogens with zero attached hydrogens (tertiary/aromatic N) is 4. The molecule has 4 heteroatoms. The Bertz CT molecular complexity index is 2450. The van der Waals surface area contributed by atoms with Crippen molar-refractivity contribution < 1.29 is 8.80 Å². The van der Waals surface area contributed by atoms with E-state index in [0.29, 0.717) is 0 Å². The average molecular weight is 589 g/mol. The number of imidazole rings is 2. The quantitative estimate of drug-likeness (QED) is 0.125. The van der Waals surface area contributed by atoms with Crippen LogP contribution in [0.1, 0.15) is 0 Å². The summed E-state index contributed by atoms with van der Waals surface area (Å²) in [7, 11) is 0. The van der Waals surface area contributed by atoms with Gasteiger partial charge in [-0.1, -0.05) is 109 Å². The lowest BCUT2D eigenvalue weighted by Gasteiger charge is -2.03. The van der Waals surface area contributed by atoms with Crippen molar-refractivity contribution in [2.75, 3.05) is 0 Å². The highest BCUT2D eigenvalue weighted by Gasteiger charge is 2.04. The zero-order valence-electron chi connectivity index (χ0n) is 25.0. The Balaban J connectivity index is 1.54. The number of fused-ring (bicyclic) bond motifs is 20. The predicted octanol–water partition coefficient (Wildman–Crippen LogP) is 8.69. The Morgan fingerprint density at radius 2 is 0.739 bits per heavy atom. The fourth-order valence-electron chi connectivity index (χ4n) is 6.59.